The lowest BCUT2D eigenvalue weighted by Crippen LogP contribution is -2.13. The molecule has 0 atom stereocenters. The molecule has 158 valence electrons. The molecule has 0 radical (unpaired) electrons. The number of benzene rings is 2. The average Bonchev–Trinajstić information content (AvgIpc) is 2.73. The zero-order valence-electron chi connectivity index (χ0n) is 16.8. The Morgan fingerprint density at radius 3 is 2.37 bits per heavy atom. The van der Waals surface area contributed by atoms with Crippen molar-refractivity contribution in [1.82, 2.24) is 9.97 Å². The summed E-state index contributed by atoms with van der Waals surface area (Å²) in [6, 6.07) is 14.4. The fourth-order valence-corrected chi connectivity index (χ4v) is 2.73. The highest BCUT2D eigenvalue weighted by Gasteiger charge is 2.35. The van der Waals surface area contributed by atoms with Crippen LogP contribution in [0, 0.1) is 0 Å². The van der Waals surface area contributed by atoms with Crippen molar-refractivity contribution >= 4 is 23.1 Å². The van der Waals surface area contributed by atoms with Gasteiger partial charge in [0.05, 0.1) is 12.3 Å². The molecule has 30 heavy (non-hydrogen) atoms. The lowest BCUT2D eigenvalue weighted by atomic mass is 10.1. The number of anilines is 4. The lowest BCUT2D eigenvalue weighted by molar-refractivity contribution is -0.137. The van der Waals surface area contributed by atoms with Crippen molar-refractivity contribution in [3.63, 3.8) is 0 Å². The number of nitrogens with one attached hydrogen (secondary N) is 2. The van der Waals surface area contributed by atoms with Gasteiger partial charge in [-0.15, -0.1) is 0 Å². The van der Waals surface area contributed by atoms with E-state index in [0.717, 1.165) is 24.6 Å². The minimum absolute atomic E-state index is 0.0571. The minimum Gasteiger partial charge on any atom is -0.491 e. The summed E-state index contributed by atoms with van der Waals surface area (Å²) >= 11 is 0. The first kappa shape index (κ1) is 21.4. The maximum absolute atomic E-state index is 13.5. The first-order chi connectivity index (χ1) is 14.4. The molecule has 0 aliphatic carbocycles. The molecule has 2 N–H and O–H groups in total. The van der Waals surface area contributed by atoms with Crippen molar-refractivity contribution in [2.24, 2.45) is 0 Å². The van der Waals surface area contributed by atoms with Gasteiger partial charge < -0.3 is 15.4 Å². The molecule has 0 saturated carbocycles. The smallest absolute Gasteiger partial charge is 0.421 e. The first-order valence-electron chi connectivity index (χ1n) is 9.69. The maximum Gasteiger partial charge on any atom is 0.421 e. The first-order valence-corrected chi connectivity index (χ1v) is 9.69. The Morgan fingerprint density at radius 2 is 1.70 bits per heavy atom. The molecule has 0 saturated heterocycles. The zero-order chi connectivity index (χ0) is 21.6. The van der Waals surface area contributed by atoms with Gasteiger partial charge in [0, 0.05) is 11.9 Å². The Bertz CT molecular complexity index is 975. The van der Waals surface area contributed by atoms with Crippen LogP contribution in [0.15, 0.2) is 54.7 Å². The van der Waals surface area contributed by atoms with E-state index in [1.54, 1.807) is 24.3 Å². The average molecular weight is 416 g/mol. The van der Waals surface area contributed by atoms with Crippen LogP contribution in [0.25, 0.3) is 0 Å². The molecular weight excluding hydrogens is 393 g/mol. The normalized spacial score (nSPS) is 11.2. The monoisotopic (exact) mass is 416 g/mol. The second kappa shape index (κ2) is 9.47. The van der Waals surface area contributed by atoms with Crippen molar-refractivity contribution in [2.75, 3.05) is 17.2 Å². The van der Waals surface area contributed by atoms with Gasteiger partial charge >= 0.3 is 6.18 Å². The molecule has 1 aromatic heterocycles. The number of rotatable bonds is 8. The van der Waals surface area contributed by atoms with E-state index in [9.17, 15) is 13.2 Å². The van der Waals surface area contributed by atoms with Gasteiger partial charge in [0.25, 0.3) is 0 Å². The number of halogens is 3. The van der Waals surface area contributed by atoms with Crippen molar-refractivity contribution in [2.45, 2.75) is 32.9 Å². The SMILES string of the molecule is CCCOc1ccccc1Nc1nc(Nc2ccc(CC)cc2)ncc1C(F)(F)F. The summed E-state index contributed by atoms with van der Waals surface area (Å²) in [5, 5.41) is 5.71. The largest absolute Gasteiger partial charge is 0.491 e. The van der Waals surface area contributed by atoms with Crippen molar-refractivity contribution in [3.8, 4) is 5.75 Å². The molecule has 0 fully saturated rings. The number of nitrogens with zero attached hydrogens (tertiary/aromatic N) is 2. The Morgan fingerprint density at radius 1 is 0.967 bits per heavy atom. The second-order valence-electron chi connectivity index (χ2n) is 6.60. The number of aromatic nitrogens is 2. The van der Waals surface area contributed by atoms with E-state index in [1.807, 2.05) is 38.1 Å². The molecule has 2 aromatic carbocycles. The van der Waals surface area contributed by atoms with Crippen LogP contribution in [0.1, 0.15) is 31.4 Å². The molecule has 3 rings (SSSR count). The Balaban J connectivity index is 1.92. The molecule has 8 heteroatoms. The maximum atomic E-state index is 13.5. The van der Waals surface area contributed by atoms with Gasteiger partial charge in [-0.3, -0.25) is 0 Å². The van der Waals surface area contributed by atoms with E-state index in [1.165, 1.54) is 0 Å². The van der Waals surface area contributed by atoms with Gasteiger partial charge in [-0.05, 0) is 42.7 Å². The van der Waals surface area contributed by atoms with Gasteiger partial charge in [0.15, 0.2) is 0 Å². The van der Waals surface area contributed by atoms with Gasteiger partial charge in [0.1, 0.15) is 17.1 Å². The van der Waals surface area contributed by atoms with E-state index in [4.69, 9.17) is 4.74 Å². The summed E-state index contributed by atoms with van der Waals surface area (Å²) < 4.78 is 46.2. The Hall–Kier alpha value is -3.29. The van der Waals surface area contributed by atoms with Gasteiger partial charge in [-0.25, -0.2) is 4.98 Å². The summed E-state index contributed by atoms with van der Waals surface area (Å²) in [6.07, 6.45) is -2.17. The summed E-state index contributed by atoms with van der Waals surface area (Å²) in [6.45, 7) is 4.45. The number of alkyl halides is 3. The molecule has 3 aromatic rings. The lowest BCUT2D eigenvalue weighted by Gasteiger charge is -2.17. The van der Waals surface area contributed by atoms with E-state index in [-0.39, 0.29) is 11.8 Å². The Kier molecular flexibility index (Phi) is 6.76. The summed E-state index contributed by atoms with van der Waals surface area (Å²) in [5.41, 5.74) is 1.28. The van der Waals surface area contributed by atoms with E-state index in [0.29, 0.717) is 23.7 Å². The van der Waals surface area contributed by atoms with Crippen molar-refractivity contribution in [1.29, 1.82) is 0 Å². The highest BCUT2D eigenvalue weighted by Crippen LogP contribution is 2.37. The third-order valence-electron chi connectivity index (χ3n) is 4.31. The summed E-state index contributed by atoms with van der Waals surface area (Å²) in [7, 11) is 0. The van der Waals surface area contributed by atoms with Crippen LogP contribution < -0.4 is 15.4 Å². The molecule has 0 unspecified atom stereocenters. The van der Waals surface area contributed by atoms with Gasteiger partial charge in [-0.1, -0.05) is 38.1 Å². The predicted octanol–water partition coefficient (Wildman–Crippen LogP) is 6.33. The van der Waals surface area contributed by atoms with Crippen molar-refractivity contribution in [3.05, 3.63) is 65.9 Å². The van der Waals surface area contributed by atoms with Gasteiger partial charge in [0.2, 0.25) is 5.95 Å². The van der Waals surface area contributed by atoms with Crippen LogP contribution >= 0.6 is 0 Å². The number of hydrogen-bond donors (Lipinski definition) is 2. The molecule has 0 bridgehead atoms. The number of hydrogen-bond acceptors (Lipinski definition) is 5. The van der Waals surface area contributed by atoms with Crippen LogP contribution in [-0.4, -0.2) is 16.6 Å². The van der Waals surface area contributed by atoms with Crippen LogP contribution in [0.5, 0.6) is 5.75 Å². The number of aryl methyl sites for hydroxylation is 1. The number of para-hydroxylation sites is 2. The van der Waals surface area contributed by atoms with Crippen LogP contribution in [0.3, 0.4) is 0 Å². The fraction of sp³-hybridized carbons (Fsp3) is 0.273. The topological polar surface area (TPSA) is 59.1 Å². The molecule has 5 nitrogen and oxygen atoms in total. The molecule has 0 amide bonds. The summed E-state index contributed by atoms with van der Waals surface area (Å²) in [5.74, 6) is 0.162. The highest BCUT2D eigenvalue weighted by atomic mass is 19.4. The third kappa shape index (κ3) is 5.40. The van der Waals surface area contributed by atoms with Crippen LogP contribution in [0.4, 0.5) is 36.3 Å². The molecule has 0 spiro atoms. The standard InChI is InChI=1S/C22H23F3N4O/c1-3-13-30-19-8-6-5-7-18(19)28-20-17(22(23,24)25)14-26-21(29-20)27-16-11-9-15(4-2)10-12-16/h5-12,14H,3-4,13H2,1-2H3,(H2,26,27,28,29). The van der Waals surface area contributed by atoms with Crippen molar-refractivity contribution < 1.29 is 17.9 Å². The molecule has 0 aliphatic heterocycles. The van der Waals surface area contributed by atoms with E-state index < -0.39 is 11.7 Å². The second-order valence-corrected chi connectivity index (χ2v) is 6.60. The van der Waals surface area contributed by atoms with Gasteiger partial charge in [-0.2, -0.15) is 18.2 Å². The third-order valence-corrected chi connectivity index (χ3v) is 4.31. The predicted molar refractivity (Wildman–Crippen MR) is 112 cm³/mol. The van der Waals surface area contributed by atoms with Crippen LogP contribution in [0.2, 0.25) is 0 Å². The number of ether oxygens (including phenoxy) is 1. The van der Waals surface area contributed by atoms with E-state index >= 15 is 0 Å². The molecular formula is C22H23F3N4O. The highest BCUT2D eigenvalue weighted by molar-refractivity contribution is 5.67. The molecule has 1 heterocycles. The fourth-order valence-electron chi connectivity index (χ4n) is 2.73. The Labute approximate surface area is 173 Å². The summed E-state index contributed by atoms with van der Waals surface area (Å²) in [4.78, 5) is 7.93. The van der Waals surface area contributed by atoms with Crippen LogP contribution in [-0.2, 0) is 12.6 Å². The zero-order valence-corrected chi connectivity index (χ0v) is 16.8. The van der Waals surface area contributed by atoms with E-state index in [2.05, 4.69) is 20.6 Å². The molecule has 0 aliphatic rings. The minimum atomic E-state index is -4.61. The quantitative estimate of drug-likeness (QED) is 0.449.